The Balaban J connectivity index is 2.77. The SMILES string of the molecule is CCCCCCCC/C=C/[Si](/C=C/CCCCCCCC)(c1c(F)c(F)c(F)c(F)c1F)c1c(F)c(F)c(F)c(F)c1F. The fourth-order valence-electron chi connectivity index (χ4n) is 5.07. The molecule has 0 atom stereocenters. The zero-order valence-corrected chi connectivity index (χ0v) is 25.5. The molecule has 0 unspecified atom stereocenters. The highest BCUT2D eigenvalue weighted by Gasteiger charge is 2.47. The summed E-state index contributed by atoms with van der Waals surface area (Å²) < 4.78 is 147. The van der Waals surface area contributed by atoms with Gasteiger partial charge in [-0.05, 0) is 25.7 Å². The van der Waals surface area contributed by atoms with Crippen molar-refractivity contribution >= 4 is 18.4 Å². The fraction of sp³-hybridized carbons (Fsp3) is 0.500. The van der Waals surface area contributed by atoms with E-state index in [1.165, 1.54) is 12.2 Å². The van der Waals surface area contributed by atoms with Crippen LogP contribution in [0.2, 0.25) is 0 Å². The standard InChI is InChI=1S/C32H38F10Si/c1-3-5-7-9-11-13-15-17-19-43(20-18-16-14-12-10-8-6-4-2,31-27(39)23(35)21(33)24(36)28(31)40)32-29(41)25(37)22(34)26(38)30(32)42/h17-20H,3-16H2,1-2H3/b19-17+,20-18+. The molecular formula is C32H38F10Si. The van der Waals surface area contributed by atoms with Crippen molar-refractivity contribution in [2.24, 2.45) is 0 Å². The first-order valence-electron chi connectivity index (χ1n) is 14.9. The van der Waals surface area contributed by atoms with Crippen LogP contribution in [0.15, 0.2) is 23.6 Å². The van der Waals surface area contributed by atoms with Gasteiger partial charge in [0.1, 0.15) is 0 Å². The van der Waals surface area contributed by atoms with E-state index in [1.807, 2.05) is 13.8 Å². The van der Waals surface area contributed by atoms with Gasteiger partial charge < -0.3 is 0 Å². The van der Waals surface area contributed by atoms with E-state index in [-0.39, 0.29) is 12.8 Å². The lowest BCUT2D eigenvalue weighted by atomic mass is 10.1. The average Bonchev–Trinajstić information content (AvgIpc) is 2.99. The molecule has 2 aromatic carbocycles. The van der Waals surface area contributed by atoms with Gasteiger partial charge in [-0.25, -0.2) is 43.9 Å². The van der Waals surface area contributed by atoms with Crippen LogP contribution >= 0.6 is 0 Å². The van der Waals surface area contributed by atoms with Crippen LogP contribution in [0.3, 0.4) is 0 Å². The van der Waals surface area contributed by atoms with Crippen molar-refractivity contribution in [3.8, 4) is 0 Å². The van der Waals surface area contributed by atoms with Gasteiger partial charge in [-0.3, -0.25) is 0 Å². The minimum Gasteiger partial charge on any atom is -0.204 e. The second-order valence-corrected chi connectivity index (χ2v) is 14.1. The van der Waals surface area contributed by atoms with E-state index < -0.39 is 76.6 Å². The Bertz CT molecular complexity index is 1120. The lowest BCUT2D eigenvalue weighted by Crippen LogP contribution is -2.62. The van der Waals surface area contributed by atoms with E-state index >= 15 is 17.6 Å². The topological polar surface area (TPSA) is 0 Å². The maximum Gasteiger partial charge on any atom is 0.200 e. The molecule has 11 heteroatoms. The lowest BCUT2D eigenvalue weighted by Gasteiger charge is -2.29. The normalized spacial score (nSPS) is 12.4. The van der Waals surface area contributed by atoms with Crippen molar-refractivity contribution in [1.29, 1.82) is 0 Å². The van der Waals surface area contributed by atoms with Gasteiger partial charge in [-0.2, -0.15) is 0 Å². The molecule has 0 aliphatic carbocycles. The molecule has 0 amide bonds. The number of halogens is 10. The van der Waals surface area contributed by atoms with Gasteiger partial charge in [0.05, 0.1) is 0 Å². The van der Waals surface area contributed by atoms with Crippen LogP contribution in [0, 0.1) is 58.2 Å². The van der Waals surface area contributed by atoms with Crippen molar-refractivity contribution in [1.82, 2.24) is 0 Å². The van der Waals surface area contributed by atoms with Crippen LogP contribution in [-0.4, -0.2) is 8.07 Å². The first-order valence-corrected chi connectivity index (χ1v) is 17.0. The molecule has 0 aliphatic rings. The number of benzene rings is 2. The summed E-state index contributed by atoms with van der Waals surface area (Å²) in [5, 5.41) is -3.21. The van der Waals surface area contributed by atoms with Crippen molar-refractivity contribution < 1.29 is 43.9 Å². The second kappa shape index (κ2) is 17.7. The first kappa shape index (κ1) is 36.6. The van der Waals surface area contributed by atoms with Gasteiger partial charge in [0, 0.05) is 10.4 Å². The van der Waals surface area contributed by atoms with Gasteiger partial charge >= 0.3 is 0 Å². The number of unbranched alkanes of at least 4 members (excludes halogenated alkanes) is 12. The van der Waals surface area contributed by atoms with Crippen molar-refractivity contribution in [2.75, 3.05) is 0 Å². The molecule has 2 aromatic rings. The molecule has 0 nitrogen and oxygen atoms in total. The predicted molar refractivity (Wildman–Crippen MR) is 152 cm³/mol. The van der Waals surface area contributed by atoms with E-state index in [0.29, 0.717) is 12.8 Å². The molecule has 0 aromatic heterocycles. The highest BCUT2D eigenvalue weighted by atomic mass is 28.3. The van der Waals surface area contributed by atoms with E-state index in [9.17, 15) is 26.3 Å². The third-order valence-electron chi connectivity index (χ3n) is 7.46. The predicted octanol–water partition coefficient (Wildman–Crippen LogP) is 10.3. The molecule has 0 aliphatic heterocycles. The maximum atomic E-state index is 15.4. The highest BCUT2D eigenvalue weighted by molar-refractivity contribution is 7.09. The monoisotopic (exact) mass is 640 g/mol. The Kier molecular flexibility index (Phi) is 15.0. The minimum absolute atomic E-state index is 0.178. The van der Waals surface area contributed by atoms with E-state index in [1.54, 1.807) is 0 Å². The van der Waals surface area contributed by atoms with Crippen LogP contribution in [0.4, 0.5) is 43.9 Å². The zero-order valence-electron chi connectivity index (χ0n) is 24.5. The van der Waals surface area contributed by atoms with Gasteiger partial charge in [-0.15, -0.1) is 0 Å². The van der Waals surface area contributed by atoms with Crippen LogP contribution in [0.25, 0.3) is 0 Å². The van der Waals surface area contributed by atoms with E-state index in [0.717, 1.165) is 75.6 Å². The molecule has 2 rings (SSSR count). The second-order valence-electron chi connectivity index (χ2n) is 10.7. The molecule has 0 bridgehead atoms. The summed E-state index contributed by atoms with van der Waals surface area (Å²) >= 11 is 0. The van der Waals surface area contributed by atoms with Gasteiger partial charge in [0.25, 0.3) is 0 Å². The highest BCUT2D eigenvalue weighted by Crippen LogP contribution is 2.27. The molecular weight excluding hydrogens is 602 g/mol. The third kappa shape index (κ3) is 8.76. The molecule has 240 valence electrons. The Labute approximate surface area is 247 Å². The smallest absolute Gasteiger partial charge is 0.200 e. The summed E-state index contributed by atoms with van der Waals surface area (Å²) in [6, 6.07) is 0. The summed E-state index contributed by atoms with van der Waals surface area (Å²) in [6.07, 6.45) is 13.0. The average molecular weight is 641 g/mol. The Hall–Kier alpha value is -2.56. The Morgan fingerprint density at radius 2 is 0.628 bits per heavy atom. The molecule has 0 radical (unpaired) electrons. The molecule has 0 saturated carbocycles. The molecule has 0 N–H and O–H groups in total. The molecule has 0 spiro atoms. The van der Waals surface area contributed by atoms with E-state index in [2.05, 4.69) is 0 Å². The summed E-state index contributed by atoms with van der Waals surface area (Å²) in [5.41, 5.74) is 1.79. The molecule has 0 heterocycles. The number of hydrogen-bond donors (Lipinski definition) is 0. The number of allylic oxidation sites excluding steroid dienone is 2. The van der Waals surface area contributed by atoms with Crippen LogP contribution in [0.1, 0.15) is 104 Å². The van der Waals surface area contributed by atoms with Gasteiger partial charge in [-0.1, -0.05) is 102 Å². The third-order valence-corrected chi connectivity index (χ3v) is 11.5. The molecule has 0 fully saturated rings. The van der Waals surface area contributed by atoms with Gasteiger partial charge in [0.15, 0.2) is 54.6 Å². The van der Waals surface area contributed by atoms with Crippen LogP contribution in [0.5, 0.6) is 0 Å². The van der Waals surface area contributed by atoms with Crippen molar-refractivity contribution in [3.05, 3.63) is 81.7 Å². The van der Waals surface area contributed by atoms with Crippen LogP contribution in [-0.2, 0) is 0 Å². The maximum absolute atomic E-state index is 15.4. The zero-order chi connectivity index (χ0) is 32.2. The van der Waals surface area contributed by atoms with Gasteiger partial charge in [0.2, 0.25) is 11.6 Å². The summed E-state index contributed by atoms with van der Waals surface area (Å²) in [7, 11) is -5.21. The Morgan fingerprint density at radius 3 is 0.930 bits per heavy atom. The molecule has 43 heavy (non-hydrogen) atoms. The minimum atomic E-state index is -5.21. The Morgan fingerprint density at radius 1 is 0.372 bits per heavy atom. The lowest BCUT2D eigenvalue weighted by molar-refractivity contribution is 0.382. The van der Waals surface area contributed by atoms with Crippen LogP contribution < -0.4 is 10.4 Å². The summed E-state index contributed by atoms with van der Waals surface area (Å²) in [6.45, 7) is 4.07. The largest absolute Gasteiger partial charge is 0.204 e. The quantitative estimate of drug-likeness (QED) is 0.0500. The summed E-state index contributed by atoms with van der Waals surface area (Å²) in [5.74, 6) is -24.1. The van der Waals surface area contributed by atoms with Crippen molar-refractivity contribution in [2.45, 2.75) is 104 Å². The number of rotatable bonds is 18. The molecule has 0 saturated heterocycles. The summed E-state index contributed by atoms with van der Waals surface area (Å²) in [4.78, 5) is 0. The van der Waals surface area contributed by atoms with E-state index in [4.69, 9.17) is 0 Å². The number of hydrogen-bond acceptors (Lipinski definition) is 0. The fourth-order valence-corrected chi connectivity index (χ4v) is 9.07. The first-order chi connectivity index (χ1) is 20.5. The van der Waals surface area contributed by atoms with Crippen molar-refractivity contribution in [3.63, 3.8) is 0 Å².